The van der Waals surface area contributed by atoms with Crippen molar-refractivity contribution in [2.24, 2.45) is 5.73 Å². The largest absolute Gasteiger partial charge is 0.320 e. The molecule has 2 aromatic carbocycles. The van der Waals surface area contributed by atoms with Crippen LogP contribution in [0.2, 0.25) is 0 Å². The Hall–Kier alpha value is -2.26. The SMILES string of the molecule is NC(c1cccc(F)c1)c1cccc2cnccc12. The number of benzene rings is 2. The van der Waals surface area contributed by atoms with Gasteiger partial charge < -0.3 is 5.73 Å². The highest BCUT2D eigenvalue weighted by Crippen LogP contribution is 2.26. The first-order chi connectivity index (χ1) is 9.25. The second-order valence-corrected chi connectivity index (χ2v) is 4.48. The fraction of sp³-hybridized carbons (Fsp3) is 0.0625. The first-order valence-electron chi connectivity index (χ1n) is 6.09. The summed E-state index contributed by atoms with van der Waals surface area (Å²) in [6.07, 6.45) is 3.54. The van der Waals surface area contributed by atoms with Crippen molar-refractivity contribution in [1.82, 2.24) is 4.98 Å². The number of aromatic nitrogens is 1. The molecule has 0 spiro atoms. The van der Waals surface area contributed by atoms with Crippen molar-refractivity contribution in [3.63, 3.8) is 0 Å². The summed E-state index contributed by atoms with van der Waals surface area (Å²) >= 11 is 0. The minimum atomic E-state index is -0.346. The van der Waals surface area contributed by atoms with E-state index in [1.165, 1.54) is 12.1 Å². The predicted molar refractivity (Wildman–Crippen MR) is 74.2 cm³/mol. The first kappa shape index (κ1) is 11.8. The maximum atomic E-state index is 13.3. The molecule has 0 fully saturated rings. The van der Waals surface area contributed by atoms with Crippen LogP contribution in [0.15, 0.2) is 60.9 Å². The summed E-state index contributed by atoms with van der Waals surface area (Å²) in [5.74, 6) is -0.269. The van der Waals surface area contributed by atoms with Gasteiger partial charge in [0.05, 0.1) is 6.04 Å². The molecule has 0 aliphatic rings. The summed E-state index contributed by atoms with van der Waals surface area (Å²) < 4.78 is 13.3. The van der Waals surface area contributed by atoms with Gasteiger partial charge in [-0.2, -0.15) is 0 Å². The number of halogens is 1. The molecule has 3 rings (SSSR count). The molecule has 3 heteroatoms. The van der Waals surface area contributed by atoms with E-state index in [4.69, 9.17) is 5.73 Å². The van der Waals surface area contributed by atoms with Gasteiger partial charge in [-0.3, -0.25) is 4.98 Å². The number of rotatable bonds is 2. The summed E-state index contributed by atoms with van der Waals surface area (Å²) in [4.78, 5) is 4.10. The average Bonchev–Trinajstić information content (AvgIpc) is 2.46. The highest BCUT2D eigenvalue weighted by molar-refractivity contribution is 5.85. The second-order valence-electron chi connectivity index (χ2n) is 4.48. The summed E-state index contributed by atoms with van der Waals surface area (Å²) in [5, 5.41) is 2.08. The lowest BCUT2D eigenvalue weighted by molar-refractivity contribution is 0.623. The average molecular weight is 252 g/mol. The molecule has 19 heavy (non-hydrogen) atoms. The van der Waals surface area contributed by atoms with Crippen LogP contribution >= 0.6 is 0 Å². The van der Waals surface area contributed by atoms with Crippen molar-refractivity contribution in [2.45, 2.75) is 6.04 Å². The molecule has 0 amide bonds. The Morgan fingerprint density at radius 2 is 1.89 bits per heavy atom. The fourth-order valence-corrected chi connectivity index (χ4v) is 2.30. The fourth-order valence-electron chi connectivity index (χ4n) is 2.30. The smallest absolute Gasteiger partial charge is 0.123 e. The summed E-state index contributed by atoms with van der Waals surface area (Å²) in [5.41, 5.74) is 8.01. The van der Waals surface area contributed by atoms with Gasteiger partial charge in [-0.15, -0.1) is 0 Å². The molecule has 2 nitrogen and oxygen atoms in total. The molecule has 94 valence electrons. The van der Waals surface area contributed by atoms with Crippen molar-refractivity contribution < 1.29 is 4.39 Å². The standard InChI is InChI=1S/C16H13FN2/c17-13-5-1-3-11(9-13)16(18)15-6-2-4-12-10-19-8-7-14(12)15/h1-10,16H,18H2. The van der Waals surface area contributed by atoms with E-state index in [1.807, 2.05) is 30.3 Å². The minimum Gasteiger partial charge on any atom is -0.320 e. The number of nitrogens with two attached hydrogens (primary N) is 1. The van der Waals surface area contributed by atoms with Crippen LogP contribution < -0.4 is 5.73 Å². The van der Waals surface area contributed by atoms with Crippen molar-refractivity contribution >= 4 is 10.8 Å². The Morgan fingerprint density at radius 1 is 1.05 bits per heavy atom. The van der Waals surface area contributed by atoms with E-state index in [1.54, 1.807) is 18.5 Å². The molecule has 0 aliphatic heterocycles. The zero-order valence-electron chi connectivity index (χ0n) is 10.3. The third-order valence-electron chi connectivity index (χ3n) is 3.26. The van der Waals surface area contributed by atoms with Gasteiger partial charge in [-0.05, 0) is 34.7 Å². The maximum Gasteiger partial charge on any atom is 0.123 e. The number of hydrogen-bond donors (Lipinski definition) is 1. The molecule has 0 saturated carbocycles. The van der Waals surface area contributed by atoms with Gasteiger partial charge in [0.15, 0.2) is 0 Å². The van der Waals surface area contributed by atoms with Crippen molar-refractivity contribution in [3.05, 3.63) is 77.9 Å². The Balaban J connectivity index is 2.14. The third-order valence-corrected chi connectivity index (χ3v) is 3.26. The van der Waals surface area contributed by atoms with Gasteiger partial charge in [-0.1, -0.05) is 30.3 Å². The second kappa shape index (κ2) is 4.78. The van der Waals surface area contributed by atoms with Crippen LogP contribution in [0.1, 0.15) is 17.2 Å². The Bertz CT molecular complexity index is 719. The monoisotopic (exact) mass is 252 g/mol. The molecular weight excluding hydrogens is 239 g/mol. The Kier molecular flexibility index (Phi) is 2.97. The summed E-state index contributed by atoms with van der Waals surface area (Å²) in [7, 11) is 0. The van der Waals surface area contributed by atoms with E-state index in [-0.39, 0.29) is 11.9 Å². The normalized spacial score (nSPS) is 12.5. The van der Waals surface area contributed by atoms with Crippen LogP contribution in [0.4, 0.5) is 4.39 Å². The van der Waals surface area contributed by atoms with Gasteiger partial charge in [0.25, 0.3) is 0 Å². The van der Waals surface area contributed by atoms with Crippen LogP contribution in [-0.4, -0.2) is 4.98 Å². The quantitative estimate of drug-likeness (QED) is 0.759. The van der Waals surface area contributed by atoms with E-state index < -0.39 is 0 Å². The van der Waals surface area contributed by atoms with Crippen LogP contribution in [0.3, 0.4) is 0 Å². The van der Waals surface area contributed by atoms with Gasteiger partial charge in [0.2, 0.25) is 0 Å². The molecule has 0 saturated heterocycles. The van der Waals surface area contributed by atoms with Gasteiger partial charge in [-0.25, -0.2) is 4.39 Å². The molecule has 0 bridgehead atoms. The molecule has 2 N–H and O–H groups in total. The molecule has 1 heterocycles. The highest BCUT2D eigenvalue weighted by atomic mass is 19.1. The maximum absolute atomic E-state index is 13.3. The van der Waals surface area contributed by atoms with Gasteiger partial charge in [0, 0.05) is 17.8 Å². The summed E-state index contributed by atoms with van der Waals surface area (Å²) in [6, 6.07) is 13.9. The highest BCUT2D eigenvalue weighted by Gasteiger charge is 2.12. The van der Waals surface area contributed by atoms with E-state index >= 15 is 0 Å². The van der Waals surface area contributed by atoms with Gasteiger partial charge in [0.1, 0.15) is 5.82 Å². The number of hydrogen-bond acceptors (Lipinski definition) is 2. The van der Waals surface area contributed by atoms with Crippen LogP contribution in [0, 0.1) is 5.82 Å². The number of pyridine rings is 1. The Labute approximate surface area is 110 Å². The van der Waals surface area contributed by atoms with Crippen LogP contribution in [0.5, 0.6) is 0 Å². The van der Waals surface area contributed by atoms with E-state index in [2.05, 4.69) is 4.98 Å². The molecule has 3 aromatic rings. The van der Waals surface area contributed by atoms with Crippen LogP contribution in [-0.2, 0) is 0 Å². The molecule has 0 aliphatic carbocycles. The van der Waals surface area contributed by atoms with E-state index in [0.29, 0.717) is 0 Å². The lowest BCUT2D eigenvalue weighted by atomic mass is 9.95. The van der Waals surface area contributed by atoms with E-state index in [9.17, 15) is 4.39 Å². The van der Waals surface area contributed by atoms with Gasteiger partial charge >= 0.3 is 0 Å². The topological polar surface area (TPSA) is 38.9 Å². The third kappa shape index (κ3) is 2.20. The Morgan fingerprint density at radius 3 is 2.74 bits per heavy atom. The molecule has 0 radical (unpaired) electrons. The number of fused-ring (bicyclic) bond motifs is 1. The zero-order chi connectivity index (χ0) is 13.2. The first-order valence-corrected chi connectivity index (χ1v) is 6.09. The number of nitrogens with zero attached hydrogens (tertiary/aromatic N) is 1. The molecular formula is C16H13FN2. The lowest BCUT2D eigenvalue weighted by Gasteiger charge is -2.15. The summed E-state index contributed by atoms with van der Waals surface area (Å²) in [6.45, 7) is 0. The zero-order valence-corrected chi connectivity index (χ0v) is 10.3. The lowest BCUT2D eigenvalue weighted by Crippen LogP contribution is -2.12. The van der Waals surface area contributed by atoms with Crippen molar-refractivity contribution in [2.75, 3.05) is 0 Å². The minimum absolute atomic E-state index is 0.269. The van der Waals surface area contributed by atoms with Crippen LogP contribution in [0.25, 0.3) is 10.8 Å². The molecule has 1 unspecified atom stereocenters. The molecule has 1 atom stereocenters. The predicted octanol–water partition coefficient (Wildman–Crippen LogP) is 3.42. The van der Waals surface area contributed by atoms with E-state index in [0.717, 1.165) is 21.9 Å². The molecule has 1 aromatic heterocycles. The van der Waals surface area contributed by atoms with Crippen molar-refractivity contribution in [1.29, 1.82) is 0 Å². The van der Waals surface area contributed by atoms with Crippen molar-refractivity contribution in [3.8, 4) is 0 Å².